The van der Waals surface area contributed by atoms with Gasteiger partial charge < -0.3 is 4.90 Å². The Bertz CT molecular complexity index is 2370. The average Bonchev–Trinajstić information content (AvgIpc) is 3.63. The number of hydrogen-bond donors (Lipinski definition) is 0. The Morgan fingerprint density at radius 2 is 1.02 bits per heavy atom. The number of rotatable bonds is 3. The highest BCUT2D eigenvalue weighted by Crippen LogP contribution is 2.63. The van der Waals surface area contributed by atoms with Crippen molar-refractivity contribution in [2.24, 2.45) is 0 Å². The van der Waals surface area contributed by atoms with Gasteiger partial charge in [0.25, 0.3) is 0 Å². The predicted molar refractivity (Wildman–Crippen MR) is 195 cm³/mol. The van der Waals surface area contributed by atoms with Crippen molar-refractivity contribution in [1.82, 2.24) is 0 Å². The van der Waals surface area contributed by atoms with Gasteiger partial charge in [-0.1, -0.05) is 127 Å². The Labute approximate surface area is 276 Å². The topological polar surface area (TPSA) is 3.24 Å². The van der Waals surface area contributed by atoms with Crippen LogP contribution >= 0.6 is 23.1 Å². The zero-order valence-corrected chi connectivity index (χ0v) is 26.5. The molecule has 0 radical (unpaired) electrons. The highest BCUT2D eigenvalue weighted by Gasteiger charge is 2.50. The van der Waals surface area contributed by atoms with Gasteiger partial charge >= 0.3 is 0 Å². The highest BCUT2D eigenvalue weighted by atomic mass is 32.2. The van der Waals surface area contributed by atoms with Crippen LogP contribution in [0.4, 0.5) is 17.1 Å². The van der Waals surface area contributed by atoms with Crippen LogP contribution in [0.15, 0.2) is 174 Å². The van der Waals surface area contributed by atoms with Gasteiger partial charge in [0.2, 0.25) is 0 Å². The summed E-state index contributed by atoms with van der Waals surface area (Å²) in [5.41, 5.74) is 11.3. The fourth-order valence-corrected chi connectivity index (χ4v) is 10.4. The van der Waals surface area contributed by atoms with Gasteiger partial charge in [-0.05, 0) is 81.9 Å². The van der Waals surface area contributed by atoms with Crippen molar-refractivity contribution < 1.29 is 0 Å². The third kappa shape index (κ3) is 3.53. The predicted octanol–water partition coefficient (Wildman–Crippen LogP) is 12.4. The van der Waals surface area contributed by atoms with Crippen LogP contribution in [0.25, 0.3) is 31.3 Å². The summed E-state index contributed by atoms with van der Waals surface area (Å²) < 4.78 is 2.63. The van der Waals surface area contributed by atoms with Crippen molar-refractivity contribution in [2.75, 3.05) is 4.90 Å². The van der Waals surface area contributed by atoms with Crippen molar-refractivity contribution >= 4 is 60.3 Å². The molecule has 0 amide bonds. The summed E-state index contributed by atoms with van der Waals surface area (Å²) >= 11 is 3.83. The molecule has 8 aromatic rings. The van der Waals surface area contributed by atoms with Crippen LogP contribution in [0.1, 0.15) is 22.3 Å². The number of hydrogen-bond acceptors (Lipinski definition) is 3. The number of nitrogens with zero attached hydrogens (tertiary/aromatic N) is 1. The normalized spacial score (nSPS) is 13.7. The second kappa shape index (κ2) is 9.95. The van der Waals surface area contributed by atoms with Crippen LogP contribution in [0.5, 0.6) is 0 Å². The van der Waals surface area contributed by atoms with Crippen molar-refractivity contribution in [3.63, 3.8) is 0 Å². The van der Waals surface area contributed by atoms with E-state index in [9.17, 15) is 0 Å². The van der Waals surface area contributed by atoms with Crippen LogP contribution < -0.4 is 4.90 Å². The molecule has 0 atom stereocenters. The molecule has 1 aromatic heterocycles. The first kappa shape index (κ1) is 26.2. The molecule has 0 saturated carbocycles. The summed E-state index contributed by atoms with van der Waals surface area (Å²) in [6.45, 7) is 0. The second-order valence-electron chi connectivity index (χ2n) is 12.0. The van der Waals surface area contributed by atoms with Crippen LogP contribution in [-0.2, 0) is 5.41 Å². The van der Waals surface area contributed by atoms with E-state index < -0.39 is 0 Å². The quantitative estimate of drug-likeness (QED) is 0.193. The summed E-state index contributed by atoms with van der Waals surface area (Å²) in [7, 11) is 0. The van der Waals surface area contributed by atoms with E-state index in [-0.39, 0.29) is 5.41 Å². The lowest BCUT2D eigenvalue weighted by Crippen LogP contribution is -2.31. The zero-order chi connectivity index (χ0) is 30.2. The minimum atomic E-state index is -0.370. The number of para-hydroxylation sites is 2. The maximum Gasteiger partial charge on any atom is 0.0735 e. The summed E-state index contributed by atoms with van der Waals surface area (Å²) in [5, 5.41) is 2.62. The molecule has 10 rings (SSSR count). The molecule has 46 heavy (non-hydrogen) atoms. The van der Waals surface area contributed by atoms with E-state index in [4.69, 9.17) is 0 Å². The van der Waals surface area contributed by atoms with E-state index in [1.165, 1.54) is 69.0 Å². The van der Waals surface area contributed by atoms with E-state index in [1.54, 1.807) is 0 Å². The Morgan fingerprint density at radius 3 is 1.70 bits per heavy atom. The standard InChI is InChI=1S/C43H27NS2/c1-3-14-28(15-4-1)44(29-16-5-2-6-17-29)38-24-13-20-32-33-26-37-41(27-40(33)46-42(32)38)45-39-25-12-11-23-36(39)43(37)34-21-9-7-18-30(34)31-19-8-10-22-35(31)43/h1-27H. The lowest BCUT2D eigenvalue weighted by atomic mass is 9.67. The fraction of sp³-hybridized carbons (Fsp3) is 0.0233. The smallest absolute Gasteiger partial charge is 0.0735 e. The highest BCUT2D eigenvalue weighted by molar-refractivity contribution is 7.99. The first-order valence-corrected chi connectivity index (χ1v) is 17.3. The van der Waals surface area contributed by atoms with Gasteiger partial charge in [0.15, 0.2) is 0 Å². The molecular formula is C43H27NS2. The Morgan fingerprint density at radius 1 is 0.435 bits per heavy atom. The zero-order valence-electron chi connectivity index (χ0n) is 24.9. The third-order valence-electron chi connectivity index (χ3n) is 9.72. The van der Waals surface area contributed by atoms with E-state index >= 15 is 0 Å². The summed E-state index contributed by atoms with van der Waals surface area (Å²) in [6.07, 6.45) is 0. The fourth-order valence-electron chi connectivity index (χ4n) is 7.89. The van der Waals surface area contributed by atoms with Gasteiger partial charge in [0, 0.05) is 36.6 Å². The molecule has 0 unspecified atom stereocenters. The maximum absolute atomic E-state index is 2.53. The number of fused-ring (bicyclic) bond motifs is 12. The van der Waals surface area contributed by atoms with Gasteiger partial charge in [0.05, 0.1) is 15.8 Å². The van der Waals surface area contributed by atoms with Crippen LogP contribution in [0, 0.1) is 0 Å². The molecule has 0 N–H and O–H groups in total. The molecule has 216 valence electrons. The molecule has 0 bridgehead atoms. The van der Waals surface area contributed by atoms with E-state index in [0.717, 1.165) is 11.4 Å². The van der Waals surface area contributed by atoms with Crippen LogP contribution in [0.3, 0.4) is 0 Å². The number of benzene rings is 7. The van der Waals surface area contributed by atoms with Crippen molar-refractivity contribution in [2.45, 2.75) is 15.2 Å². The summed E-state index contributed by atoms with van der Waals surface area (Å²) in [5.74, 6) is 0. The SMILES string of the molecule is c1ccc(N(c2ccccc2)c2cccc3c2sc2cc4c(cc23)C2(c3ccccc3S4)c3ccccc3-c3ccccc32)cc1. The van der Waals surface area contributed by atoms with E-state index in [0.29, 0.717) is 0 Å². The van der Waals surface area contributed by atoms with E-state index in [1.807, 2.05) is 23.1 Å². The molecule has 7 aromatic carbocycles. The minimum absolute atomic E-state index is 0.370. The average molecular weight is 622 g/mol. The van der Waals surface area contributed by atoms with Crippen molar-refractivity contribution in [3.05, 3.63) is 186 Å². The molecule has 1 aliphatic heterocycles. The molecule has 0 fully saturated rings. The third-order valence-corrected chi connectivity index (χ3v) is 12.0. The number of anilines is 3. The Balaban J connectivity index is 1.28. The largest absolute Gasteiger partial charge is 0.309 e. The first-order chi connectivity index (χ1) is 22.8. The molecule has 3 heteroatoms. The van der Waals surface area contributed by atoms with Gasteiger partial charge in [-0.2, -0.15) is 0 Å². The molecule has 2 aliphatic rings. The van der Waals surface area contributed by atoms with Gasteiger partial charge in [-0.25, -0.2) is 0 Å². The van der Waals surface area contributed by atoms with Crippen molar-refractivity contribution in [3.8, 4) is 11.1 Å². The molecule has 1 aliphatic carbocycles. The first-order valence-electron chi connectivity index (χ1n) is 15.7. The van der Waals surface area contributed by atoms with Crippen LogP contribution in [0.2, 0.25) is 0 Å². The molecule has 2 heterocycles. The van der Waals surface area contributed by atoms with Crippen LogP contribution in [-0.4, -0.2) is 0 Å². The monoisotopic (exact) mass is 621 g/mol. The van der Waals surface area contributed by atoms with E-state index in [2.05, 4.69) is 169 Å². The van der Waals surface area contributed by atoms with Gasteiger partial charge in [0.1, 0.15) is 0 Å². The Hall–Kier alpha value is -5.09. The Kier molecular flexibility index (Phi) is 5.66. The van der Waals surface area contributed by atoms with Gasteiger partial charge in [-0.3, -0.25) is 0 Å². The maximum atomic E-state index is 2.53. The summed E-state index contributed by atoms with van der Waals surface area (Å²) in [6, 6.07) is 60.4. The number of thiophene rings is 1. The second-order valence-corrected chi connectivity index (χ2v) is 14.2. The minimum Gasteiger partial charge on any atom is -0.309 e. The lowest BCUT2D eigenvalue weighted by Gasteiger charge is -2.39. The summed E-state index contributed by atoms with van der Waals surface area (Å²) in [4.78, 5) is 5.07. The van der Waals surface area contributed by atoms with Crippen molar-refractivity contribution in [1.29, 1.82) is 0 Å². The lowest BCUT2D eigenvalue weighted by molar-refractivity contribution is 0.724. The molecular weight excluding hydrogens is 595 g/mol. The molecule has 1 spiro atoms. The molecule has 1 nitrogen and oxygen atoms in total. The van der Waals surface area contributed by atoms with Gasteiger partial charge in [-0.15, -0.1) is 11.3 Å². The molecule has 0 saturated heterocycles.